The molecule has 0 aliphatic rings. The minimum atomic E-state index is -3.99. The summed E-state index contributed by atoms with van der Waals surface area (Å²) in [7, 11) is -1.12. The van der Waals surface area contributed by atoms with Gasteiger partial charge in [0, 0.05) is 17.8 Å². The van der Waals surface area contributed by atoms with Crippen molar-refractivity contribution in [1.29, 1.82) is 0 Å². The van der Waals surface area contributed by atoms with E-state index in [1.807, 2.05) is 24.3 Å². The molecule has 3 aromatic rings. The maximum absolute atomic E-state index is 12.9. The predicted octanol–water partition coefficient (Wildman–Crippen LogP) is 4.09. The molecule has 0 amide bonds. The van der Waals surface area contributed by atoms with E-state index in [-0.39, 0.29) is 16.6 Å². The largest absolute Gasteiger partial charge is 0.497 e. The summed E-state index contributed by atoms with van der Waals surface area (Å²) in [5.74, 6) is 0.986. The number of benzene rings is 2. The molecule has 0 aliphatic heterocycles. The Bertz CT molecular complexity index is 1100. The molecule has 7 nitrogen and oxygen atoms in total. The highest BCUT2D eigenvalue weighted by Crippen LogP contribution is 2.29. The van der Waals surface area contributed by atoms with Crippen molar-refractivity contribution >= 4 is 16.0 Å². The molecule has 0 atom stereocenters. The molecule has 0 saturated carbocycles. The molecule has 0 unspecified atom stereocenters. The molecule has 0 radical (unpaired) electrons. The number of nitrogens with one attached hydrogen (secondary N) is 1. The smallest absolute Gasteiger partial charge is 0.268 e. The van der Waals surface area contributed by atoms with Crippen LogP contribution in [0.25, 0.3) is 11.3 Å². The lowest BCUT2D eigenvalue weighted by Gasteiger charge is -2.12. The van der Waals surface area contributed by atoms with Crippen molar-refractivity contribution in [3.8, 4) is 22.8 Å². The fourth-order valence-electron chi connectivity index (χ4n) is 2.78. The third kappa shape index (κ3) is 4.65. The second-order valence-electron chi connectivity index (χ2n) is 6.66. The van der Waals surface area contributed by atoms with Crippen LogP contribution in [0.1, 0.15) is 25.3 Å². The van der Waals surface area contributed by atoms with Gasteiger partial charge in [-0.2, -0.15) is 0 Å². The molecule has 0 bridgehead atoms. The van der Waals surface area contributed by atoms with Crippen molar-refractivity contribution in [1.82, 2.24) is 9.97 Å². The van der Waals surface area contributed by atoms with Crippen molar-refractivity contribution in [3.05, 3.63) is 60.3 Å². The Balaban J connectivity index is 1.92. The van der Waals surface area contributed by atoms with Gasteiger partial charge < -0.3 is 9.47 Å². The molecule has 152 valence electrons. The number of methoxy groups -OCH3 is 2. The number of anilines is 1. The number of nitrogens with zero attached hydrogens (tertiary/aromatic N) is 2. The van der Waals surface area contributed by atoms with Gasteiger partial charge in [-0.05, 0) is 29.7 Å². The second kappa shape index (κ2) is 8.48. The van der Waals surface area contributed by atoms with Crippen LogP contribution in [0.4, 0.5) is 5.95 Å². The third-order valence-electron chi connectivity index (χ3n) is 4.41. The van der Waals surface area contributed by atoms with E-state index in [2.05, 4.69) is 28.5 Å². The van der Waals surface area contributed by atoms with Gasteiger partial charge in [-0.25, -0.2) is 23.1 Å². The number of aromatic nitrogens is 2. The summed E-state index contributed by atoms with van der Waals surface area (Å²) in [6.45, 7) is 4.25. The molecule has 8 heteroatoms. The van der Waals surface area contributed by atoms with E-state index in [1.165, 1.54) is 38.1 Å². The van der Waals surface area contributed by atoms with Gasteiger partial charge in [0.1, 0.15) is 16.4 Å². The lowest BCUT2D eigenvalue weighted by molar-refractivity contribution is 0.392. The summed E-state index contributed by atoms with van der Waals surface area (Å²) in [5, 5.41) is 0. The summed E-state index contributed by atoms with van der Waals surface area (Å²) in [5.41, 5.74) is 2.70. The lowest BCUT2D eigenvalue weighted by Crippen LogP contribution is -2.16. The molecular formula is C21H23N3O4S. The second-order valence-corrected chi connectivity index (χ2v) is 8.32. The zero-order chi connectivity index (χ0) is 21.0. The van der Waals surface area contributed by atoms with Crippen LogP contribution in [0.5, 0.6) is 11.5 Å². The maximum atomic E-state index is 12.9. The van der Waals surface area contributed by atoms with Crippen LogP contribution >= 0.6 is 0 Å². The van der Waals surface area contributed by atoms with E-state index in [4.69, 9.17) is 9.47 Å². The van der Waals surface area contributed by atoms with Crippen molar-refractivity contribution in [2.75, 3.05) is 18.9 Å². The fourth-order valence-corrected chi connectivity index (χ4v) is 3.91. The zero-order valence-corrected chi connectivity index (χ0v) is 17.5. The number of rotatable bonds is 7. The molecule has 1 N–H and O–H groups in total. The van der Waals surface area contributed by atoms with E-state index in [0.29, 0.717) is 17.4 Å². The predicted molar refractivity (Wildman–Crippen MR) is 112 cm³/mol. The molecule has 0 spiro atoms. The van der Waals surface area contributed by atoms with Crippen LogP contribution in [0, 0.1) is 0 Å². The minimum absolute atomic E-state index is 0.0275. The first-order valence-electron chi connectivity index (χ1n) is 9.02. The Morgan fingerprint density at radius 1 is 0.966 bits per heavy atom. The lowest BCUT2D eigenvalue weighted by atomic mass is 10.0. The molecule has 1 heterocycles. The van der Waals surface area contributed by atoms with Crippen molar-refractivity contribution in [2.24, 2.45) is 0 Å². The summed E-state index contributed by atoms with van der Waals surface area (Å²) in [6, 6.07) is 14.3. The van der Waals surface area contributed by atoms with E-state index < -0.39 is 10.0 Å². The number of hydrogen-bond donors (Lipinski definition) is 1. The van der Waals surface area contributed by atoms with E-state index in [0.717, 1.165) is 5.56 Å². The zero-order valence-electron chi connectivity index (χ0n) is 16.7. The molecule has 0 aliphatic carbocycles. The fraction of sp³-hybridized carbons (Fsp3) is 0.238. The number of ether oxygens (including phenoxy) is 2. The van der Waals surface area contributed by atoms with Crippen LogP contribution in [0.3, 0.4) is 0 Å². The van der Waals surface area contributed by atoms with E-state index >= 15 is 0 Å². The molecule has 3 rings (SSSR count). The quantitative estimate of drug-likeness (QED) is 0.628. The van der Waals surface area contributed by atoms with Gasteiger partial charge >= 0.3 is 0 Å². The van der Waals surface area contributed by atoms with Gasteiger partial charge in [0.15, 0.2) is 0 Å². The average molecular weight is 413 g/mol. The third-order valence-corrected chi connectivity index (χ3v) is 5.76. The molecule has 2 aromatic carbocycles. The first kappa shape index (κ1) is 20.6. The highest BCUT2D eigenvalue weighted by atomic mass is 32.2. The summed E-state index contributed by atoms with van der Waals surface area (Å²) in [4.78, 5) is 8.34. The Labute approximate surface area is 170 Å². The van der Waals surface area contributed by atoms with Crippen LogP contribution in [0.15, 0.2) is 59.6 Å². The highest BCUT2D eigenvalue weighted by molar-refractivity contribution is 7.92. The average Bonchev–Trinajstić information content (AvgIpc) is 2.73. The van der Waals surface area contributed by atoms with Gasteiger partial charge in [-0.3, -0.25) is 0 Å². The standard InChI is InChI=1S/C21H23N3O4S/c1-14(2)15-5-7-16(8-6-15)18-11-12-22-21(23-18)24-29(25,26)20-13-17(27-3)9-10-19(20)28-4/h5-14H,1-4H3,(H,22,23,24). The van der Waals surface area contributed by atoms with Gasteiger partial charge in [0.2, 0.25) is 5.95 Å². The van der Waals surface area contributed by atoms with E-state index in [9.17, 15) is 8.42 Å². The molecule has 29 heavy (non-hydrogen) atoms. The Hall–Kier alpha value is -3.13. The summed E-state index contributed by atoms with van der Waals surface area (Å²) in [6.07, 6.45) is 1.51. The summed E-state index contributed by atoms with van der Waals surface area (Å²) < 4.78 is 38.5. The monoisotopic (exact) mass is 413 g/mol. The molecule has 0 fully saturated rings. The van der Waals surface area contributed by atoms with Crippen molar-refractivity contribution < 1.29 is 17.9 Å². The Morgan fingerprint density at radius 3 is 2.31 bits per heavy atom. The van der Waals surface area contributed by atoms with Gasteiger partial charge in [-0.15, -0.1) is 0 Å². The van der Waals surface area contributed by atoms with Crippen molar-refractivity contribution in [3.63, 3.8) is 0 Å². The number of hydrogen-bond acceptors (Lipinski definition) is 6. The summed E-state index contributed by atoms with van der Waals surface area (Å²) >= 11 is 0. The van der Waals surface area contributed by atoms with Crippen molar-refractivity contribution in [2.45, 2.75) is 24.7 Å². The normalized spacial score (nSPS) is 11.3. The number of sulfonamides is 1. The van der Waals surface area contributed by atoms with Crippen LogP contribution in [0.2, 0.25) is 0 Å². The SMILES string of the molecule is COc1ccc(OC)c(S(=O)(=O)Nc2nccc(-c3ccc(C(C)C)cc3)n2)c1. The van der Waals surface area contributed by atoms with Crippen LogP contribution in [-0.2, 0) is 10.0 Å². The molecule has 1 aromatic heterocycles. The van der Waals surface area contributed by atoms with Crippen LogP contribution in [-0.4, -0.2) is 32.6 Å². The maximum Gasteiger partial charge on any atom is 0.268 e. The Morgan fingerprint density at radius 2 is 1.69 bits per heavy atom. The Kier molecular flexibility index (Phi) is 6.03. The van der Waals surface area contributed by atoms with Crippen LogP contribution < -0.4 is 14.2 Å². The van der Waals surface area contributed by atoms with Gasteiger partial charge in [-0.1, -0.05) is 38.1 Å². The topological polar surface area (TPSA) is 90.4 Å². The first-order chi connectivity index (χ1) is 13.8. The molecule has 0 saturated heterocycles. The highest BCUT2D eigenvalue weighted by Gasteiger charge is 2.22. The molecular weight excluding hydrogens is 390 g/mol. The first-order valence-corrected chi connectivity index (χ1v) is 10.5. The van der Waals surface area contributed by atoms with Gasteiger partial charge in [0.05, 0.1) is 19.9 Å². The van der Waals surface area contributed by atoms with Gasteiger partial charge in [0.25, 0.3) is 10.0 Å². The van der Waals surface area contributed by atoms with E-state index in [1.54, 1.807) is 12.1 Å². The minimum Gasteiger partial charge on any atom is -0.497 e.